The molecule has 1 unspecified atom stereocenters. The lowest BCUT2D eigenvalue weighted by molar-refractivity contribution is 0.257. The summed E-state index contributed by atoms with van der Waals surface area (Å²) in [4.78, 5) is 2.17. The van der Waals surface area contributed by atoms with Gasteiger partial charge in [0.25, 0.3) is 0 Å². The van der Waals surface area contributed by atoms with Crippen LogP contribution in [-0.4, -0.2) is 32.7 Å². The van der Waals surface area contributed by atoms with E-state index in [2.05, 4.69) is 20.8 Å². The van der Waals surface area contributed by atoms with Crippen LogP contribution in [-0.2, 0) is 6.42 Å². The van der Waals surface area contributed by atoms with Crippen molar-refractivity contribution in [1.29, 1.82) is 0 Å². The molecule has 0 aromatic heterocycles. The van der Waals surface area contributed by atoms with Crippen LogP contribution in [0.1, 0.15) is 22.7 Å². The second-order valence-corrected chi connectivity index (χ2v) is 6.62. The Hall–Kier alpha value is -1.59. The third-order valence-corrected chi connectivity index (χ3v) is 4.86. The highest BCUT2D eigenvalue weighted by Crippen LogP contribution is 2.41. The average molecular weight is 380 g/mol. The van der Waals surface area contributed by atoms with E-state index < -0.39 is 0 Å². The monoisotopic (exact) mass is 379 g/mol. The zero-order chi connectivity index (χ0) is 16.6. The molecule has 1 aliphatic heterocycles. The molecule has 3 rings (SSSR count). The minimum atomic E-state index is -0.201. The minimum Gasteiger partial charge on any atom is -0.493 e. The van der Waals surface area contributed by atoms with Gasteiger partial charge in [0.2, 0.25) is 0 Å². The zero-order valence-corrected chi connectivity index (χ0v) is 15.0. The van der Waals surface area contributed by atoms with Crippen LogP contribution in [0.3, 0.4) is 0 Å². The summed E-state index contributed by atoms with van der Waals surface area (Å²) < 4.78 is 26.1. The highest BCUT2D eigenvalue weighted by atomic mass is 79.9. The van der Waals surface area contributed by atoms with Crippen LogP contribution in [0.5, 0.6) is 11.5 Å². The molecule has 0 bridgehead atoms. The molecule has 0 radical (unpaired) electrons. The average Bonchev–Trinajstić information content (AvgIpc) is 2.56. The lowest BCUT2D eigenvalue weighted by atomic mass is 9.88. The van der Waals surface area contributed by atoms with Crippen LogP contribution in [0.4, 0.5) is 4.39 Å². The van der Waals surface area contributed by atoms with E-state index in [1.165, 1.54) is 11.6 Å². The van der Waals surface area contributed by atoms with Crippen molar-refractivity contribution < 1.29 is 13.9 Å². The molecule has 0 N–H and O–H groups in total. The summed E-state index contributed by atoms with van der Waals surface area (Å²) in [6.07, 6.45) is 0.901. The molecular weight excluding hydrogens is 361 g/mol. The summed E-state index contributed by atoms with van der Waals surface area (Å²) in [7, 11) is 5.26. The topological polar surface area (TPSA) is 21.7 Å². The van der Waals surface area contributed by atoms with Crippen LogP contribution >= 0.6 is 15.9 Å². The Bertz CT molecular complexity index is 735. The van der Waals surface area contributed by atoms with E-state index in [4.69, 9.17) is 9.47 Å². The first-order chi connectivity index (χ1) is 11.0. The molecule has 2 aromatic rings. The van der Waals surface area contributed by atoms with E-state index >= 15 is 0 Å². The predicted molar refractivity (Wildman–Crippen MR) is 91.8 cm³/mol. The molecule has 3 nitrogen and oxygen atoms in total. The lowest BCUT2D eigenvalue weighted by Crippen LogP contribution is -2.33. The largest absolute Gasteiger partial charge is 0.493 e. The number of likely N-dealkylation sites (N-methyl/N-ethyl adjacent to an activating group) is 1. The summed E-state index contributed by atoms with van der Waals surface area (Å²) in [6, 6.07) is 8.90. The quantitative estimate of drug-likeness (QED) is 0.798. The normalized spacial score (nSPS) is 17.7. The maximum absolute atomic E-state index is 14.4. The smallest absolute Gasteiger partial charge is 0.161 e. The van der Waals surface area contributed by atoms with E-state index in [9.17, 15) is 4.39 Å². The van der Waals surface area contributed by atoms with Crippen molar-refractivity contribution in [2.75, 3.05) is 27.8 Å². The molecule has 0 amide bonds. The van der Waals surface area contributed by atoms with Crippen LogP contribution in [0.2, 0.25) is 0 Å². The molecule has 23 heavy (non-hydrogen) atoms. The van der Waals surface area contributed by atoms with Gasteiger partial charge in [-0.2, -0.15) is 0 Å². The number of methoxy groups -OCH3 is 2. The fraction of sp³-hybridized carbons (Fsp3) is 0.333. The number of nitrogens with zero attached hydrogens (tertiary/aromatic N) is 1. The van der Waals surface area contributed by atoms with Gasteiger partial charge in [-0.3, -0.25) is 4.90 Å². The molecule has 122 valence electrons. The fourth-order valence-corrected chi connectivity index (χ4v) is 3.58. The van der Waals surface area contributed by atoms with Gasteiger partial charge < -0.3 is 9.47 Å². The van der Waals surface area contributed by atoms with Crippen molar-refractivity contribution in [3.05, 3.63) is 57.3 Å². The SMILES string of the molecule is COc1cc2c(cc1OC)C(c1cc(Br)ccc1F)N(C)CC2. The number of hydrogen-bond donors (Lipinski definition) is 0. The van der Waals surface area contributed by atoms with Gasteiger partial charge in [-0.25, -0.2) is 4.39 Å². The molecule has 0 fully saturated rings. The van der Waals surface area contributed by atoms with Gasteiger partial charge in [0.05, 0.1) is 20.3 Å². The standard InChI is InChI=1S/C18H19BrFNO2/c1-21-7-6-11-8-16(22-2)17(23-3)10-13(11)18(21)14-9-12(19)4-5-15(14)20/h4-5,8-10,18H,6-7H2,1-3H3. The molecule has 2 aromatic carbocycles. The highest BCUT2D eigenvalue weighted by Gasteiger charge is 2.30. The number of benzene rings is 2. The molecule has 1 aliphatic rings. The Kier molecular flexibility index (Phi) is 4.60. The lowest BCUT2D eigenvalue weighted by Gasteiger charge is -2.35. The summed E-state index contributed by atoms with van der Waals surface area (Å²) in [5.74, 6) is 1.18. The fourth-order valence-electron chi connectivity index (χ4n) is 3.20. The highest BCUT2D eigenvalue weighted by molar-refractivity contribution is 9.10. The number of halogens is 2. The maximum atomic E-state index is 14.4. The molecule has 0 aliphatic carbocycles. The summed E-state index contributed by atoms with van der Waals surface area (Å²) in [6.45, 7) is 0.860. The molecule has 5 heteroatoms. The van der Waals surface area contributed by atoms with E-state index in [1.807, 2.05) is 25.2 Å². The first kappa shape index (κ1) is 16.3. The number of rotatable bonds is 3. The van der Waals surface area contributed by atoms with Gasteiger partial charge in [0.1, 0.15) is 5.82 Å². The number of ether oxygens (including phenoxy) is 2. The molecular formula is C18H19BrFNO2. The molecule has 0 saturated carbocycles. The van der Waals surface area contributed by atoms with Crippen LogP contribution in [0, 0.1) is 5.82 Å². The van der Waals surface area contributed by atoms with E-state index in [0.717, 1.165) is 23.0 Å². The van der Waals surface area contributed by atoms with Crippen molar-refractivity contribution in [3.63, 3.8) is 0 Å². The van der Waals surface area contributed by atoms with E-state index in [0.29, 0.717) is 17.1 Å². The van der Waals surface area contributed by atoms with Gasteiger partial charge in [-0.15, -0.1) is 0 Å². The van der Waals surface area contributed by atoms with Crippen molar-refractivity contribution in [2.45, 2.75) is 12.5 Å². The Morgan fingerprint density at radius 3 is 2.48 bits per heavy atom. The van der Waals surface area contributed by atoms with Gasteiger partial charge in [-0.1, -0.05) is 15.9 Å². The van der Waals surface area contributed by atoms with Crippen molar-refractivity contribution in [3.8, 4) is 11.5 Å². The molecule has 0 spiro atoms. The Labute approximate surface area is 144 Å². The second kappa shape index (κ2) is 6.49. The summed E-state index contributed by atoms with van der Waals surface area (Å²) in [5.41, 5.74) is 2.90. The summed E-state index contributed by atoms with van der Waals surface area (Å²) >= 11 is 3.44. The Morgan fingerprint density at radius 1 is 1.09 bits per heavy atom. The molecule has 0 saturated heterocycles. The van der Waals surface area contributed by atoms with Crippen LogP contribution < -0.4 is 9.47 Å². The van der Waals surface area contributed by atoms with Crippen molar-refractivity contribution in [1.82, 2.24) is 4.90 Å². The van der Waals surface area contributed by atoms with Gasteiger partial charge in [0, 0.05) is 16.6 Å². The minimum absolute atomic E-state index is 0.143. The third kappa shape index (κ3) is 2.95. The Balaban J connectivity index is 2.18. The summed E-state index contributed by atoms with van der Waals surface area (Å²) in [5, 5.41) is 0. The first-order valence-corrected chi connectivity index (χ1v) is 8.24. The number of hydrogen-bond acceptors (Lipinski definition) is 3. The Morgan fingerprint density at radius 2 is 1.78 bits per heavy atom. The van der Waals surface area contributed by atoms with Gasteiger partial charge in [-0.05, 0) is 54.9 Å². The second-order valence-electron chi connectivity index (χ2n) is 5.70. The maximum Gasteiger partial charge on any atom is 0.161 e. The third-order valence-electron chi connectivity index (χ3n) is 4.37. The van der Waals surface area contributed by atoms with Crippen molar-refractivity contribution in [2.24, 2.45) is 0 Å². The predicted octanol–water partition coefficient (Wildman–Crippen LogP) is 4.18. The van der Waals surface area contributed by atoms with Crippen molar-refractivity contribution >= 4 is 15.9 Å². The number of fused-ring (bicyclic) bond motifs is 1. The van der Waals surface area contributed by atoms with E-state index in [1.54, 1.807) is 20.3 Å². The van der Waals surface area contributed by atoms with Crippen LogP contribution in [0.15, 0.2) is 34.8 Å². The zero-order valence-electron chi connectivity index (χ0n) is 13.4. The van der Waals surface area contributed by atoms with Gasteiger partial charge >= 0.3 is 0 Å². The molecule has 1 atom stereocenters. The molecule has 1 heterocycles. The van der Waals surface area contributed by atoms with E-state index in [-0.39, 0.29) is 11.9 Å². The first-order valence-electron chi connectivity index (χ1n) is 7.45. The van der Waals surface area contributed by atoms with Gasteiger partial charge in [0.15, 0.2) is 11.5 Å². The van der Waals surface area contributed by atoms with Crippen LogP contribution in [0.25, 0.3) is 0 Å².